The predicted molar refractivity (Wildman–Crippen MR) is 64.1 cm³/mol. The van der Waals surface area contributed by atoms with Crippen LogP contribution >= 0.6 is 11.8 Å². The van der Waals surface area contributed by atoms with Crippen molar-refractivity contribution >= 4 is 29.3 Å². The quantitative estimate of drug-likeness (QED) is 0.721. The van der Waals surface area contributed by atoms with Crippen molar-refractivity contribution in [2.24, 2.45) is 0 Å². The van der Waals surface area contributed by atoms with E-state index >= 15 is 0 Å². The number of carboxylic acid groups (broad SMARTS) is 1. The minimum atomic E-state index is -1.07. The molecule has 1 aromatic heterocycles. The fraction of sp³-hybridized carbons (Fsp3) is 0.300. The Labute approximate surface area is 102 Å². The normalized spacial score (nSPS) is 18.9. The van der Waals surface area contributed by atoms with Gasteiger partial charge in [0.1, 0.15) is 0 Å². The molecular weight excluding hydrogens is 242 g/mol. The maximum absolute atomic E-state index is 11.7. The number of amides is 1. The number of aromatic nitrogens is 1. The van der Waals surface area contributed by atoms with Crippen molar-refractivity contribution < 1.29 is 14.7 Å². The van der Waals surface area contributed by atoms with Gasteiger partial charge in [-0.1, -0.05) is 0 Å². The number of nitrogens with one attached hydrogen (secondary N) is 2. The minimum absolute atomic E-state index is 0.0524. The molecule has 0 radical (unpaired) electrons. The molecule has 1 saturated heterocycles. The highest BCUT2D eigenvalue weighted by atomic mass is 32.2. The zero-order valence-corrected chi connectivity index (χ0v) is 9.66. The molecular formula is C10H11N3O3S. The molecule has 1 aromatic rings. The van der Waals surface area contributed by atoms with Gasteiger partial charge in [0, 0.05) is 17.8 Å². The molecule has 0 saturated carbocycles. The summed E-state index contributed by atoms with van der Waals surface area (Å²) in [5.74, 6) is 0.242. The van der Waals surface area contributed by atoms with Gasteiger partial charge >= 0.3 is 5.97 Å². The van der Waals surface area contributed by atoms with E-state index in [0.29, 0.717) is 5.69 Å². The zero-order chi connectivity index (χ0) is 12.3. The molecule has 1 aliphatic rings. The standard InChI is InChI=1S/C10H11N3O3S/c14-9(8-4-17-5-12-8)13-7-1-6(10(15)16)2-11-3-7/h1-3,8,12H,4-5H2,(H,13,14)(H,15,16). The van der Waals surface area contributed by atoms with Crippen molar-refractivity contribution in [1.29, 1.82) is 0 Å². The van der Waals surface area contributed by atoms with Gasteiger partial charge in [-0.3, -0.25) is 15.1 Å². The zero-order valence-electron chi connectivity index (χ0n) is 8.84. The summed E-state index contributed by atoms with van der Waals surface area (Å²) in [4.78, 5) is 26.2. The average Bonchev–Trinajstić information content (AvgIpc) is 2.82. The third-order valence-electron chi connectivity index (χ3n) is 2.29. The van der Waals surface area contributed by atoms with Gasteiger partial charge in [-0.05, 0) is 6.07 Å². The molecule has 1 atom stereocenters. The number of hydrogen-bond donors (Lipinski definition) is 3. The summed E-state index contributed by atoms with van der Waals surface area (Å²) in [7, 11) is 0. The predicted octanol–water partition coefficient (Wildman–Crippen LogP) is 0.381. The van der Waals surface area contributed by atoms with E-state index in [9.17, 15) is 9.59 Å². The third kappa shape index (κ3) is 2.95. The Morgan fingerprint density at radius 3 is 3.00 bits per heavy atom. The van der Waals surface area contributed by atoms with E-state index in [1.54, 1.807) is 11.8 Å². The summed E-state index contributed by atoms with van der Waals surface area (Å²) < 4.78 is 0. The summed E-state index contributed by atoms with van der Waals surface area (Å²) in [6.45, 7) is 0. The fourth-order valence-electron chi connectivity index (χ4n) is 1.42. The number of hydrogen-bond acceptors (Lipinski definition) is 5. The number of pyridine rings is 1. The maximum Gasteiger partial charge on any atom is 0.337 e. The van der Waals surface area contributed by atoms with E-state index < -0.39 is 5.97 Å². The first-order valence-electron chi connectivity index (χ1n) is 4.97. The highest BCUT2D eigenvalue weighted by Crippen LogP contribution is 2.13. The van der Waals surface area contributed by atoms with E-state index in [0.717, 1.165) is 11.6 Å². The summed E-state index contributed by atoms with van der Waals surface area (Å²) in [5, 5.41) is 14.5. The molecule has 1 fully saturated rings. The van der Waals surface area contributed by atoms with Crippen molar-refractivity contribution in [1.82, 2.24) is 10.3 Å². The van der Waals surface area contributed by atoms with Gasteiger partial charge in [0.05, 0.1) is 23.5 Å². The maximum atomic E-state index is 11.7. The second-order valence-electron chi connectivity index (χ2n) is 3.53. The van der Waals surface area contributed by atoms with Crippen LogP contribution in [0.2, 0.25) is 0 Å². The first kappa shape index (κ1) is 11.9. The lowest BCUT2D eigenvalue weighted by molar-refractivity contribution is -0.117. The number of carboxylic acids is 1. The Balaban J connectivity index is 2.05. The topological polar surface area (TPSA) is 91.3 Å². The van der Waals surface area contributed by atoms with Crippen molar-refractivity contribution in [3.8, 4) is 0 Å². The molecule has 2 rings (SSSR count). The molecule has 6 nitrogen and oxygen atoms in total. The van der Waals surface area contributed by atoms with Gasteiger partial charge in [0.15, 0.2) is 0 Å². The Kier molecular flexibility index (Phi) is 3.60. The highest BCUT2D eigenvalue weighted by Gasteiger charge is 2.22. The Morgan fingerprint density at radius 2 is 2.35 bits per heavy atom. The summed E-state index contributed by atoms with van der Waals surface area (Å²) in [6, 6.07) is 1.16. The number of carbonyl (C=O) groups is 2. The third-order valence-corrected chi connectivity index (χ3v) is 3.23. The van der Waals surface area contributed by atoms with Crippen LogP contribution in [-0.2, 0) is 4.79 Å². The Morgan fingerprint density at radius 1 is 1.53 bits per heavy atom. The van der Waals surface area contributed by atoms with E-state index in [1.165, 1.54) is 18.5 Å². The van der Waals surface area contributed by atoms with Crippen LogP contribution in [0.4, 0.5) is 5.69 Å². The molecule has 0 bridgehead atoms. The van der Waals surface area contributed by atoms with Gasteiger partial charge in [-0.15, -0.1) is 11.8 Å². The Bertz CT molecular complexity index is 446. The number of nitrogens with zero attached hydrogens (tertiary/aromatic N) is 1. The van der Waals surface area contributed by atoms with Crippen LogP contribution in [0.15, 0.2) is 18.5 Å². The van der Waals surface area contributed by atoms with E-state index in [-0.39, 0.29) is 17.5 Å². The largest absolute Gasteiger partial charge is 0.478 e. The number of thioether (sulfide) groups is 1. The lowest BCUT2D eigenvalue weighted by atomic mass is 10.2. The summed E-state index contributed by atoms with van der Waals surface area (Å²) in [6.07, 6.45) is 2.66. The van der Waals surface area contributed by atoms with Crippen molar-refractivity contribution in [2.75, 3.05) is 16.9 Å². The molecule has 2 heterocycles. The lowest BCUT2D eigenvalue weighted by Gasteiger charge is -2.10. The van der Waals surface area contributed by atoms with Crippen LogP contribution in [0, 0.1) is 0 Å². The summed E-state index contributed by atoms with van der Waals surface area (Å²) >= 11 is 1.65. The van der Waals surface area contributed by atoms with Crippen LogP contribution in [0.5, 0.6) is 0 Å². The lowest BCUT2D eigenvalue weighted by Crippen LogP contribution is -2.37. The molecule has 0 spiro atoms. The van der Waals surface area contributed by atoms with Crippen molar-refractivity contribution in [2.45, 2.75) is 6.04 Å². The van der Waals surface area contributed by atoms with Gasteiger partial charge < -0.3 is 10.4 Å². The van der Waals surface area contributed by atoms with Crippen LogP contribution in [0.3, 0.4) is 0 Å². The molecule has 7 heteroatoms. The molecule has 90 valence electrons. The first-order chi connectivity index (χ1) is 8.16. The van der Waals surface area contributed by atoms with Crippen LogP contribution in [0.25, 0.3) is 0 Å². The highest BCUT2D eigenvalue weighted by molar-refractivity contribution is 7.99. The SMILES string of the molecule is O=C(O)c1cncc(NC(=O)C2CSCN2)c1. The Hall–Kier alpha value is -1.60. The van der Waals surface area contributed by atoms with Crippen molar-refractivity contribution in [3.63, 3.8) is 0 Å². The minimum Gasteiger partial charge on any atom is -0.478 e. The number of aromatic carboxylic acids is 1. The fourth-order valence-corrected chi connectivity index (χ4v) is 2.36. The average molecular weight is 253 g/mol. The second-order valence-corrected chi connectivity index (χ2v) is 4.56. The number of carbonyl (C=O) groups excluding carboxylic acids is 1. The number of rotatable bonds is 3. The molecule has 0 aromatic carbocycles. The van der Waals surface area contributed by atoms with Gasteiger partial charge in [-0.25, -0.2) is 4.79 Å². The monoisotopic (exact) mass is 253 g/mol. The van der Waals surface area contributed by atoms with E-state index in [2.05, 4.69) is 15.6 Å². The molecule has 1 aliphatic heterocycles. The van der Waals surface area contributed by atoms with E-state index in [1.807, 2.05) is 0 Å². The van der Waals surface area contributed by atoms with Crippen LogP contribution in [0.1, 0.15) is 10.4 Å². The van der Waals surface area contributed by atoms with Gasteiger partial charge in [0.2, 0.25) is 5.91 Å². The van der Waals surface area contributed by atoms with Crippen molar-refractivity contribution in [3.05, 3.63) is 24.0 Å². The second kappa shape index (κ2) is 5.15. The molecule has 0 aliphatic carbocycles. The van der Waals surface area contributed by atoms with Gasteiger partial charge in [-0.2, -0.15) is 0 Å². The molecule has 1 unspecified atom stereocenters. The van der Waals surface area contributed by atoms with E-state index in [4.69, 9.17) is 5.11 Å². The molecule has 1 amide bonds. The molecule has 3 N–H and O–H groups in total. The smallest absolute Gasteiger partial charge is 0.337 e. The number of anilines is 1. The summed E-state index contributed by atoms with van der Waals surface area (Å²) in [5.41, 5.74) is 0.449. The van der Waals surface area contributed by atoms with Crippen LogP contribution in [-0.4, -0.2) is 39.6 Å². The van der Waals surface area contributed by atoms with Gasteiger partial charge in [0.25, 0.3) is 0 Å². The van der Waals surface area contributed by atoms with Crippen LogP contribution < -0.4 is 10.6 Å². The first-order valence-corrected chi connectivity index (χ1v) is 6.12. The molecule has 17 heavy (non-hydrogen) atoms.